The van der Waals surface area contributed by atoms with Crippen molar-refractivity contribution in [2.75, 3.05) is 0 Å². The normalized spacial score (nSPS) is 18.4. The van der Waals surface area contributed by atoms with Gasteiger partial charge in [0, 0.05) is 30.7 Å². The second-order valence-corrected chi connectivity index (χ2v) is 5.33. The van der Waals surface area contributed by atoms with Gasteiger partial charge in [-0.2, -0.15) is 0 Å². The largest absolute Gasteiger partial charge is 0.440 e. The molecule has 1 atom stereocenters. The van der Waals surface area contributed by atoms with Gasteiger partial charge >= 0.3 is 0 Å². The number of oxazole rings is 1. The van der Waals surface area contributed by atoms with E-state index in [4.69, 9.17) is 10.2 Å². The number of nitrogens with zero attached hydrogens (tertiary/aromatic N) is 2. The Hall–Kier alpha value is -2.62. The molecule has 0 fully saturated rings. The number of fused-ring (bicyclic) bond motifs is 1. The van der Waals surface area contributed by atoms with E-state index in [1.165, 1.54) is 0 Å². The lowest BCUT2D eigenvalue weighted by Crippen LogP contribution is -2.13. The number of aryl methyl sites for hydroxylation is 1. The molecule has 2 aromatic rings. The van der Waals surface area contributed by atoms with Crippen LogP contribution in [0.5, 0.6) is 0 Å². The number of allylic oxidation sites excluding steroid dienone is 4. The predicted molar refractivity (Wildman–Crippen MR) is 87.0 cm³/mol. The zero-order chi connectivity index (χ0) is 15.4. The fourth-order valence-electron chi connectivity index (χ4n) is 2.68. The smallest absolute Gasteiger partial charge is 0.242 e. The lowest BCUT2D eigenvalue weighted by molar-refractivity contribution is 0.447. The highest BCUT2D eigenvalue weighted by molar-refractivity contribution is 5.57. The third-order valence-electron chi connectivity index (χ3n) is 3.81. The quantitative estimate of drug-likeness (QED) is 0.878. The first-order valence-corrected chi connectivity index (χ1v) is 7.42. The second kappa shape index (κ2) is 6.43. The van der Waals surface area contributed by atoms with Gasteiger partial charge in [-0.1, -0.05) is 30.9 Å². The van der Waals surface area contributed by atoms with Crippen LogP contribution < -0.4 is 5.73 Å². The van der Waals surface area contributed by atoms with Crippen LogP contribution in [0.2, 0.25) is 0 Å². The van der Waals surface area contributed by atoms with Crippen molar-refractivity contribution in [3.8, 4) is 0 Å². The average Bonchev–Trinajstić information content (AvgIpc) is 2.99. The molecule has 2 aromatic heterocycles. The summed E-state index contributed by atoms with van der Waals surface area (Å²) in [5, 5.41) is 0. The highest BCUT2D eigenvalue weighted by atomic mass is 16.4. The number of nitrogens with two attached hydrogens (primary N) is 1. The Bertz CT molecular complexity index is 713. The van der Waals surface area contributed by atoms with Crippen molar-refractivity contribution in [2.24, 2.45) is 5.73 Å². The van der Waals surface area contributed by atoms with E-state index in [1.807, 2.05) is 30.5 Å². The molecule has 1 aliphatic rings. The number of pyridine rings is 1. The van der Waals surface area contributed by atoms with Crippen molar-refractivity contribution < 1.29 is 4.42 Å². The zero-order valence-corrected chi connectivity index (χ0v) is 12.4. The summed E-state index contributed by atoms with van der Waals surface area (Å²) in [5.41, 5.74) is 8.65. The minimum atomic E-state index is 0.400. The van der Waals surface area contributed by atoms with Crippen LogP contribution >= 0.6 is 0 Å². The van der Waals surface area contributed by atoms with Crippen LogP contribution in [0.15, 0.2) is 59.7 Å². The molecule has 0 radical (unpaired) electrons. The predicted octanol–water partition coefficient (Wildman–Crippen LogP) is 3.38. The Morgan fingerprint density at radius 2 is 2.27 bits per heavy atom. The summed E-state index contributed by atoms with van der Waals surface area (Å²) >= 11 is 0. The minimum absolute atomic E-state index is 0.400. The molecule has 0 spiro atoms. The minimum Gasteiger partial charge on any atom is -0.440 e. The lowest BCUT2D eigenvalue weighted by Gasteiger charge is -2.19. The Morgan fingerprint density at radius 3 is 3.05 bits per heavy atom. The monoisotopic (exact) mass is 293 g/mol. The van der Waals surface area contributed by atoms with Crippen molar-refractivity contribution in [3.63, 3.8) is 0 Å². The van der Waals surface area contributed by atoms with Crippen molar-refractivity contribution in [3.05, 3.63) is 78.3 Å². The molecule has 0 aromatic carbocycles. The molecule has 0 bridgehead atoms. The standard InChI is InChI=1S/C18H19N3O/c1-2-3-4-7-14(19)18-21-16-12-13(9-10-17(16)22-18)15-8-5-6-11-20-15/h2-8,11,13H,1,9-10,12,19H2/b4-3-,14-7-. The maximum absolute atomic E-state index is 6.00. The molecule has 4 heteroatoms. The summed E-state index contributed by atoms with van der Waals surface area (Å²) in [6, 6.07) is 6.04. The second-order valence-electron chi connectivity index (χ2n) is 5.33. The van der Waals surface area contributed by atoms with Crippen LogP contribution in [0.3, 0.4) is 0 Å². The van der Waals surface area contributed by atoms with Gasteiger partial charge in [0.1, 0.15) is 5.76 Å². The molecule has 1 unspecified atom stereocenters. The highest BCUT2D eigenvalue weighted by Gasteiger charge is 2.26. The van der Waals surface area contributed by atoms with E-state index < -0.39 is 0 Å². The number of rotatable bonds is 4. The van der Waals surface area contributed by atoms with Crippen LogP contribution in [-0.4, -0.2) is 9.97 Å². The molecule has 112 valence electrons. The molecule has 3 rings (SSSR count). The fraction of sp³-hybridized carbons (Fsp3) is 0.222. The van der Waals surface area contributed by atoms with Gasteiger partial charge in [0.05, 0.1) is 11.4 Å². The van der Waals surface area contributed by atoms with Gasteiger partial charge in [0.15, 0.2) is 0 Å². The van der Waals surface area contributed by atoms with Gasteiger partial charge in [0.2, 0.25) is 5.89 Å². The maximum atomic E-state index is 6.00. The van der Waals surface area contributed by atoms with Gasteiger partial charge in [-0.15, -0.1) is 0 Å². The van der Waals surface area contributed by atoms with Gasteiger partial charge in [-0.3, -0.25) is 4.98 Å². The van der Waals surface area contributed by atoms with E-state index in [2.05, 4.69) is 22.6 Å². The van der Waals surface area contributed by atoms with Crippen molar-refractivity contribution in [1.29, 1.82) is 0 Å². The van der Waals surface area contributed by atoms with Crippen LogP contribution in [0.1, 0.15) is 35.4 Å². The molecule has 2 N–H and O–H groups in total. The van der Waals surface area contributed by atoms with Crippen LogP contribution in [0, 0.1) is 0 Å². The molecule has 0 saturated heterocycles. The first-order valence-electron chi connectivity index (χ1n) is 7.42. The van der Waals surface area contributed by atoms with Gasteiger partial charge in [-0.05, 0) is 24.6 Å². The van der Waals surface area contributed by atoms with Gasteiger partial charge in [-0.25, -0.2) is 4.98 Å². The Balaban J connectivity index is 1.80. The molecular formula is C18H19N3O. The molecule has 0 saturated carbocycles. The number of aromatic nitrogens is 2. The highest BCUT2D eigenvalue weighted by Crippen LogP contribution is 2.32. The van der Waals surface area contributed by atoms with E-state index in [1.54, 1.807) is 12.2 Å². The summed E-state index contributed by atoms with van der Waals surface area (Å²) in [4.78, 5) is 9.01. The number of hydrogen-bond acceptors (Lipinski definition) is 4. The Kier molecular flexibility index (Phi) is 4.19. The summed E-state index contributed by atoms with van der Waals surface area (Å²) in [6.07, 6.45) is 11.7. The van der Waals surface area contributed by atoms with Crippen molar-refractivity contribution >= 4 is 5.70 Å². The van der Waals surface area contributed by atoms with Crippen LogP contribution in [0.4, 0.5) is 0 Å². The third-order valence-corrected chi connectivity index (χ3v) is 3.81. The van der Waals surface area contributed by atoms with E-state index in [9.17, 15) is 0 Å². The molecule has 2 heterocycles. The Morgan fingerprint density at radius 1 is 1.36 bits per heavy atom. The van der Waals surface area contributed by atoms with Crippen LogP contribution in [0.25, 0.3) is 5.70 Å². The van der Waals surface area contributed by atoms with E-state index in [0.717, 1.165) is 36.4 Å². The molecule has 1 aliphatic carbocycles. The summed E-state index contributed by atoms with van der Waals surface area (Å²) in [5.74, 6) is 1.85. The molecular weight excluding hydrogens is 274 g/mol. The summed E-state index contributed by atoms with van der Waals surface area (Å²) < 4.78 is 5.80. The molecule has 4 nitrogen and oxygen atoms in total. The van der Waals surface area contributed by atoms with E-state index in [0.29, 0.717) is 17.5 Å². The van der Waals surface area contributed by atoms with Crippen LogP contribution in [-0.2, 0) is 12.8 Å². The number of hydrogen-bond donors (Lipinski definition) is 1. The van der Waals surface area contributed by atoms with Crippen molar-refractivity contribution in [1.82, 2.24) is 9.97 Å². The third kappa shape index (κ3) is 3.01. The topological polar surface area (TPSA) is 64.9 Å². The first-order chi connectivity index (χ1) is 10.8. The van der Waals surface area contributed by atoms with Crippen molar-refractivity contribution in [2.45, 2.75) is 25.2 Å². The fourth-order valence-corrected chi connectivity index (χ4v) is 2.68. The van der Waals surface area contributed by atoms with E-state index >= 15 is 0 Å². The zero-order valence-electron chi connectivity index (χ0n) is 12.4. The summed E-state index contributed by atoms with van der Waals surface area (Å²) in [7, 11) is 0. The lowest BCUT2D eigenvalue weighted by atomic mass is 9.87. The molecule has 0 amide bonds. The molecule has 0 aliphatic heterocycles. The van der Waals surface area contributed by atoms with Gasteiger partial charge < -0.3 is 10.2 Å². The SMILES string of the molecule is C=C/C=C\C=C(/N)c1nc2c(o1)CCC(c1ccccn1)C2. The van der Waals surface area contributed by atoms with Gasteiger partial charge in [0.25, 0.3) is 0 Å². The van der Waals surface area contributed by atoms with E-state index in [-0.39, 0.29) is 0 Å². The Labute approximate surface area is 130 Å². The first kappa shape index (κ1) is 14.3. The molecule has 22 heavy (non-hydrogen) atoms. The average molecular weight is 293 g/mol. The summed E-state index contributed by atoms with van der Waals surface area (Å²) in [6.45, 7) is 3.62. The maximum Gasteiger partial charge on any atom is 0.242 e.